The van der Waals surface area contributed by atoms with Gasteiger partial charge in [-0.3, -0.25) is 4.79 Å². The largest absolute Gasteiger partial charge is 0.485 e. The Hall–Kier alpha value is -1.80. The fourth-order valence-corrected chi connectivity index (χ4v) is 4.09. The maximum atomic E-state index is 14.5. The third kappa shape index (κ3) is 5.61. The van der Waals surface area contributed by atoms with Crippen molar-refractivity contribution in [3.05, 3.63) is 42.1 Å². The molecule has 0 amide bonds. The second-order valence-electron chi connectivity index (χ2n) is 6.66. The number of aromatic nitrogens is 1. The van der Waals surface area contributed by atoms with Crippen LogP contribution < -0.4 is 4.74 Å². The second kappa shape index (κ2) is 10.1. The van der Waals surface area contributed by atoms with Crippen molar-refractivity contribution >= 4 is 31.2 Å². The quantitative estimate of drug-likeness (QED) is 0.610. The Morgan fingerprint density at radius 2 is 2.04 bits per heavy atom. The van der Waals surface area contributed by atoms with Crippen LogP contribution in [0, 0.1) is 11.6 Å². The second-order valence-corrected chi connectivity index (χ2v) is 7.95. The summed E-state index contributed by atoms with van der Waals surface area (Å²) in [6.07, 6.45) is 4.57. The van der Waals surface area contributed by atoms with Gasteiger partial charge in [0.15, 0.2) is 17.4 Å². The van der Waals surface area contributed by atoms with Gasteiger partial charge >= 0.3 is 5.97 Å². The number of thioether (sulfide) groups is 1. The van der Waals surface area contributed by atoms with Gasteiger partial charge in [0.25, 0.3) is 0 Å². The van der Waals surface area contributed by atoms with Crippen molar-refractivity contribution in [1.82, 2.24) is 4.98 Å². The van der Waals surface area contributed by atoms with E-state index in [0.29, 0.717) is 16.4 Å². The Bertz CT molecular complexity index is 808. The van der Waals surface area contributed by atoms with Crippen LogP contribution in [0.25, 0.3) is 11.1 Å². The molecule has 1 N–H and O–H groups in total. The molecule has 0 spiro atoms. The Morgan fingerprint density at radius 3 is 2.61 bits per heavy atom. The van der Waals surface area contributed by atoms with Crippen LogP contribution in [-0.2, 0) is 4.79 Å². The molecular formula is C20H23F2NO3S2. The van der Waals surface area contributed by atoms with Crippen LogP contribution in [0.3, 0.4) is 0 Å². The molecule has 1 aliphatic rings. The molecule has 3 rings (SSSR count). The molecule has 0 radical (unpaired) electrons. The lowest BCUT2D eigenvalue weighted by Crippen LogP contribution is -2.15. The molecule has 1 heterocycles. The normalized spacial score (nSPS) is 14.7. The van der Waals surface area contributed by atoms with E-state index in [4.69, 9.17) is 9.84 Å². The highest BCUT2D eigenvalue weighted by Crippen LogP contribution is 2.40. The van der Waals surface area contributed by atoms with Crippen LogP contribution in [0.15, 0.2) is 35.5 Å². The zero-order valence-corrected chi connectivity index (χ0v) is 17.3. The lowest BCUT2D eigenvalue weighted by atomic mass is 10.00. The molecule has 4 nitrogen and oxygen atoms in total. The van der Waals surface area contributed by atoms with Gasteiger partial charge in [0, 0.05) is 23.4 Å². The monoisotopic (exact) mass is 427 g/mol. The van der Waals surface area contributed by atoms with Gasteiger partial charge < -0.3 is 9.84 Å². The molecule has 2 aromatic rings. The average molecular weight is 428 g/mol. The summed E-state index contributed by atoms with van der Waals surface area (Å²) >= 11 is 1.64. The number of carboxylic acid groups (broad SMARTS) is 1. The summed E-state index contributed by atoms with van der Waals surface area (Å²) in [5.41, 5.74) is 1.10. The van der Waals surface area contributed by atoms with Crippen molar-refractivity contribution in [3.8, 4) is 16.9 Å². The Balaban J connectivity index is 0.00000280. The van der Waals surface area contributed by atoms with Crippen molar-refractivity contribution in [2.45, 2.75) is 55.4 Å². The maximum Gasteiger partial charge on any atom is 0.303 e. The smallest absolute Gasteiger partial charge is 0.303 e. The molecule has 8 heteroatoms. The molecule has 152 valence electrons. The zero-order valence-electron chi connectivity index (χ0n) is 15.5. The molecule has 1 aromatic heterocycles. The number of nitrogens with zero attached hydrogens (tertiary/aromatic N) is 1. The number of rotatable bonds is 8. The van der Waals surface area contributed by atoms with Gasteiger partial charge in [-0.2, -0.15) is 13.5 Å². The van der Waals surface area contributed by atoms with E-state index in [0.717, 1.165) is 17.9 Å². The molecule has 0 saturated heterocycles. The number of carbonyl (C=O) groups is 1. The first-order chi connectivity index (χ1) is 12.9. The first-order valence-electron chi connectivity index (χ1n) is 8.93. The zero-order chi connectivity index (χ0) is 19.4. The van der Waals surface area contributed by atoms with Gasteiger partial charge in [-0.1, -0.05) is 12.5 Å². The summed E-state index contributed by atoms with van der Waals surface area (Å²) in [7, 11) is 0. The van der Waals surface area contributed by atoms with Crippen LogP contribution in [0.5, 0.6) is 5.75 Å². The third-order valence-corrected chi connectivity index (χ3v) is 5.85. The van der Waals surface area contributed by atoms with E-state index in [1.54, 1.807) is 37.0 Å². The minimum absolute atomic E-state index is 0. The number of aliphatic carboxylic acids is 1. The molecule has 28 heavy (non-hydrogen) atoms. The van der Waals surface area contributed by atoms with Crippen molar-refractivity contribution in [2.75, 3.05) is 0 Å². The standard InChI is InChI=1S/C20H21F2NO3S.H2S/c1-12(7-8-18(24)25)26-19-16(21)10-13(11-17(19)22)15-6-3-9-23-20(15)27-14-4-2-5-14;/h3,6,9-12,14H,2,4-5,7-8H2,1H3,(H,24,25);1H2/t12-;/m0./s1. The molecule has 1 saturated carbocycles. The minimum Gasteiger partial charge on any atom is -0.485 e. The topological polar surface area (TPSA) is 59.4 Å². The van der Waals surface area contributed by atoms with Crippen LogP contribution in [0.2, 0.25) is 0 Å². The van der Waals surface area contributed by atoms with Crippen LogP contribution in [0.1, 0.15) is 39.0 Å². The van der Waals surface area contributed by atoms with E-state index >= 15 is 0 Å². The van der Waals surface area contributed by atoms with Crippen molar-refractivity contribution in [2.24, 2.45) is 0 Å². The number of halogens is 2. The van der Waals surface area contributed by atoms with Crippen molar-refractivity contribution < 1.29 is 23.4 Å². The minimum atomic E-state index is -0.977. The predicted octanol–water partition coefficient (Wildman–Crippen LogP) is 5.42. The summed E-state index contributed by atoms with van der Waals surface area (Å²) in [6.45, 7) is 1.59. The van der Waals surface area contributed by atoms with Crippen molar-refractivity contribution in [3.63, 3.8) is 0 Å². The molecule has 0 aliphatic heterocycles. The number of carboxylic acids is 1. The third-order valence-electron chi connectivity index (χ3n) is 4.49. The van der Waals surface area contributed by atoms with E-state index in [-0.39, 0.29) is 26.3 Å². The fourth-order valence-electron chi connectivity index (χ4n) is 2.77. The van der Waals surface area contributed by atoms with Crippen LogP contribution in [0.4, 0.5) is 8.78 Å². The molecule has 1 aliphatic carbocycles. The Morgan fingerprint density at radius 1 is 1.36 bits per heavy atom. The number of hydrogen-bond acceptors (Lipinski definition) is 4. The Labute approximate surface area is 174 Å². The molecule has 1 aromatic carbocycles. The first kappa shape index (κ1) is 22.5. The van der Waals surface area contributed by atoms with E-state index in [9.17, 15) is 13.6 Å². The van der Waals surface area contributed by atoms with Gasteiger partial charge in [0.05, 0.1) is 6.10 Å². The maximum absolute atomic E-state index is 14.5. The number of benzene rings is 1. The van der Waals surface area contributed by atoms with Crippen molar-refractivity contribution in [1.29, 1.82) is 0 Å². The van der Waals surface area contributed by atoms with Crippen LogP contribution >= 0.6 is 25.3 Å². The average Bonchev–Trinajstić information content (AvgIpc) is 2.59. The number of hydrogen-bond donors (Lipinski definition) is 1. The summed E-state index contributed by atoms with van der Waals surface area (Å²) in [4.78, 5) is 15.0. The molecule has 1 atom stereocenters. The Kier molecular flexibility index (Phi) is 8.12. The number of pyridine rings is 1. The van der Waals surface area contributed by atoms with E-state index < -0.39 is 29.5 Å². The summed E-state index contributed by atoms with van der Waals surface area (Å²) < 4.78 is 34.3. The van der Waals surface area contributed by atoms with Gasteiger partial charge in [-0.25, -0.2) is 13.8 Å². The summed E-state index contributed by atoms with van der Waals surface area (Å²) in [5, 5.41) is 9.97. The lowest BCUT2D eigenvalue weighted by Gasteiger charge is -2.25. The van der Waals surface area contributed by atoms with Gasteiger partial charge in [0.1, 0.15) is 5.03 Å². The summed E-state index contributed by atoms with van der Waals surface area (Å²) in [5.74, 6) is -3.07. The van der Waals surface area contributed by atoms with Gasteiger partial charge in [0.2, 0.25) is 0 Å². The lowest BCUT2D eigenvalue weighted by molar-refractivity contribution is -0.137. The molecule has 0 unspecified atom stereocenters. The molecular weight excluding hydrogens is 404 g/mol. The predicted molar refractivity (Wildman–Crippen MR) is 110 cm³/mol. The van der Waals surface area contributed by atoms with E-state index in [1.165, 1.54) is 18.6 Å². The van der Waals surface area contributed by atoms with Crippen LogP contribution in [-0.4, -0.2) is 27.4 Å². The SMILES string of the molecule is C[C@@H](CCC(=O)O)Oc1c(F)cc(-c2cccnc2SC2CCC2)cc1F.S. The fraction of sp³-hybridized carbons (Fsp3) is 0.400. The highest BCUT2D eigenvalue weighted by atomic mass is 32.2. The van der Waals surface area contributed by atoms with E-state index in [2.05, 4.69) is 4.98 Å². The first-order valence-corrected chi connectivity index (χ1v) is 9.81. The molecule has 1 fully saturated rings. The highest BCUT2D eigenvalue weighted by molar-refractivity contribution is 8.00. The number of ether oxygens (including phenoxy) is 1. The van der Waals surface area contributed by atoms with Gasteiger partial charge in [-0.05, 0) is 49.9 Å². The van der Waals surface area contributed by atoms with E-state index in [1.807, 2.05) is 0 Å². The van der Waals surface area contributed by atoms with Gasteiger partial charge in [-0.15, -0.1) is 11.8 Å². The highest BCUT2D eigenvalue weighted by Gasteiger charge is 2.22. The molecule has 0 bridgehead atoms. The summed E-state index contributed by atoms with van der Waals surface area (Å²) in [6, 6.07) is 6.03.